The molecule has 0 fully saturated rings. The molecule has 0 bridgehead atoms. The normalized spacial score (nSPS) is 27.3. The maximum atomic E-state index is 13.2. The van der Waals surface area contributed by atoms with Gasteiger partial charge >= 0.3 is 6.18 Å². The van der Waals surface area contributed by atoms with E-state index >= 15 is 0 Å². The van der Waals surface area contributed by atoms with Crippen molar-refractivity contribution in [3.8, 4) is 0 Å². The van der Waals surface area contributed by atoms with Crippen molar-refractivity contribution in [2.75, 3.05) is 0 Å². The van der Waals surface area contributed by atoms with Gasteiger partial charge in [-0.2, -0.15) is 13.2 Å². The second-order valence-electron chi connectivity index (χ2n) is 3.68. The van der Waals surface area contributed by atoms with Crippen molar-refractivity contribution < 1.29 is 23.1 Å². The van der Waals surface area contributed by atoms with Gasteiger partial charge in [0.15, 0.2) is 0 Å². The molecule has 2 rings (SSSR count). The van der Waals surface area contributed by atoms with E-state index in [9.17, 15) is 18.3 Å². The van der Waals surface area contributed by atoms with Gasteiger partial charge in [0.25, 0.3) is 5.60 Å². The fraction of sp³-hybridized carbons (Fsp3) is 0.300. The summed E-state index contributed by atoms with van der Waals surface area (Å²) >= 11 is 11.3. The zero-order valence-corrected chi connectivity index (χ0v) is 10.1. The molecule has 1 heterocycles. The number of nitrogens with zero attached hydrogens (tertiary/aromatic N) is 1. The summed E-state index contributed by atoms with van der Waals surface area (Å²) in [6, 6.07) is 3.33. The number of rotatable bonds is 1. The highest BCUT2D eigenvalue weighted by Gasteiger charge is 2.66. The lowest BCUT2D eigenvalue weighted by molar-refractivity contribution is -0.296. The molecule has 0 aliphatic carbocycles. The van der Waals surface area contributed by atoms with Crippen molar-refractivity contribution in [2.45, 2.75) is 17.9 Å². The SMILES string of the molecule is OC1C=NOC1(c1cc(Cl)cc(Cl)c1)C(F)(F)F. The summed E-state index contributed by atoms with van der Waals surface area (Å²) in [6.45, 7) is 0. The molecule has 1 aliphatic heterocycles. The van der Waals surface area contributed by atoms with E-state index in [2.05, 4.69) is 9.99 Å². The lowest BCUT2D eigenvalue weighted by Crippen LogP contribution is -2.50. The van der Waals surface area contributed by atoms with Gasteiger partial charge < -0.3 is 9.94 Å². The lowest BCUT2D eigenvalue weighted by atomic mass is 9.88. The lowest BCUT2D eigenvalue weighted by Gasteiger charge is -2.32. The maximum Gasteiger partial charge on any atom is 0.438 e. The van der Waals surface area contributed by atoms with E-state index in [1.165, 1.54) is 6.07 Å². The van der Waals surface area contributed by atoms with Crippen LogP contribution in [0.5, 0.6) is 0 Å². The van der Waals surface area contributed by atoms with Gasteiger partial charge in [0.05, 0.1) is 6.21 Å². The zero-order chi connectivity index (χ0) is 13.6. The second kappa shape index (κ2) is 4.29. The molecule has 0 amide bonds. The van der Waals surface area contributed by atoms with Gasteiger partial charge in [0.2, 0.25) is 0 Å². The van der Waals surface area contributed by atoms with Crippen LogP contribution in [0.15, 0.2) is 23.4 Å². The number of oxime groups is 1. The summed E-state index contributed by atoms with van der Waals surface area (Å²) in [4.78, 5) is 4.39. The Balaban J connectivity index is 2.62. The van der Waals surface area contributed by atoms with Crippen LogP contribution in [-0.2, 0) is 10.4 Å². The monoisotopic (exact) mass is 299 g/mol. The minimum absolute atomic E-state index is 0.00354. The van der Waals surface area contributed by atoms with Crippen LogP contribution in [0.25, 0.3) is 0 Å². The van der Waals surface area contributed by atoms with Crippen LogP contribution in [0.2, 0.25) is 10.0 Å². The van der Waals surface area contributed by atoms with Crippen molar-refractivity contribution >= 4 is 29.4 Å². The smallest absolute Gasteiger partial charge is 0.382 e. The summed E-state index contributed by atoms with van der Waals surface area (Å²) in [5.41, 5.74) is -3.38. The van der Waals surface area contributed by atoms with E-state index < -0.39 is 23.4 Å². The van der Waals surface area contributed by atoms with Crippen LogP contribution < -0.4 is 0 Å². The number of alkyl halides is 3. The third-order valence-electron chi connectivity index (χ3n) is 2.53. The number of hydrogen-bond acceptors (Lipinski definition) is 3. The molecule has 0 aromatic heterocycles. The average Bonchev–Trinajstić information content (AvgIpc) is 2.58. The van der Waals surface area contributed by atoms with Gasteiger partial charge in [-0.1, -0.05) is 28.4 Å². The average molecular weight is 300 g/mol. The zero-order valence-electron chi connectivity index (χ0n) is 8.58. The van der Waals surface area contributed by atoms with E-state index in [0.717, 1.165) is 12.1 Å². The molecule has 1 aromatic rings. The molecule has 1 aliphatic rings. The van der Waals surface area contributed by atoms with Gasteiger partial charge in [-0.25, -0.2) is 0 Å². The second-order valence-corrected chi connectivity index (χ2v) is 4.56. The summed E-state index contributed by atoms with van der Waals surface area (Å²) in [7, 11) is 0. The van der Waals surface area contributed by atoms with Crippen LogP contribution >= 0.6 is 23.2 Å². The Hall–Kier alpha value is -0.980. The third kappa shape index (κ3) is 1.94. The van der Waals surface area contributed by atoms with Crippen molar-refractivity contribution in [3.63, 3.8) is 0 Å². The molecule has 0 radical (unpaired) electrons. The first-order valence-electron chi connectivity index (χ1n) is 4.70. The molecule has 18 heavy (non-hydrogen) atoms. The first kappa shape index (κ1) is 13.5. The van der Waals surface area contributed by atoms with Crippen molar-refractivity contribution in [3.05, 3.63) is 33.8 Å². The molecule has 0 spiro atoms. The molecule has 0 saturated carbocycles. The Labute approximate surface area is 110 Å². The van der Waals surface area contributed by atoms with E-state index in [4.69, 9.17) is 23.2 Å². The minimum atomic E-state index is -4.88. The number of halogens is 5. The maximum absolute atomic E-state index is 13.2. The van der Waals surface area contributed by atoms with Gasteiger partial charge in [0, 0.05) is 15.6 Å². The summed E-state index contributed by atoms with van der Waals surface area (Å²) in [5.74, 6) is 0. The number of aliphatic hydroxyl groups is 1. The topological polar surface area (TPSA) is 41.8 Å². The first-order chi connectivity index (χ1) is 8.27. The van der Waals surface area contributed by atoms with Crippen LogP contribution in [-0.4, -0.2) is 23.6 Å². The van der Waals surface area contributed by atoms with Gasteiger partial charge in [0.1, 0.15) is 6.10 Å². The van der Waals surface area contributed by atoms with Crippen molar-refractivity contribution in [2.24, 2.45) is 5.16 Å². The largest absolute Gasteiger partial charge is 0.438 e. The molecular formula is C10H6Cl2F3NO2. The highest BCUT2D eigenvalue weighted by atomic mass is 35.5. The Morgan fingerprint density at radius 1 is 1.22 bits per heavy atom. The molecule has 1 aromatic carbocycles. The number of benzene rings is 1. The summed E-state index contributed by atoms with van der Waals surface area (Å²) < 4.78 is 39.5. The first-order valence-corrected chi connectivity index (χ1v) is 5.46. The van der Waals surface area contributed by atoms with E-state index in [0.29, 0.717) is 6.21 Å². The Kier molecular flexibility index (Phi) is 3.21. The van der Waals surface area contributed by atoms with Crippen LogP contribution in [0.3, 0.4) is 0 Å². The molecule has 8 heteroatoms. The van der Waals surface area contributed by atoms with Crippen LogP contribution in [0.1, 0.15) is 5.56 Å². The molecule has 0 saturated heterocycles. The fourth-order valence-corrected chi connectivity index (χ4v) is 2.23. The van der Waals surface area contributed by atoms with E-state index in [1.54, 1.807) is 0 Å². The predicted octanol–water partition coefficient (Wildman–Crippen LogP) is 3.13. The molecular weight excluding hydrogens is 294 g/mol. The van der Waals surface area contributed by atoms with Gasteiger partial charge in [-0.05, 0) is 18.2 Å². The van der Waals surface area contributed by atoms with Crippen molar-refractivity contribution in [1.82, 2.24) is 0 Å². The quantitative estimate of drug-likeness (QED) is 0.865. The highest BCUT2D eigenvalue weighted by Crippen LogP contribution is 2.47. The van der Waals surface area contributed by atoms with E-state index in [1.807, 2.05) is 0 Å². The summed E-state index contributed by atoms with van der Waals surface area (Å²) in [5, 5.41) is 12.6. The Morgan fingerprint density at radius 2 is 1.78 bits per heavy atom. The predicted molar refractivity (Wildman–Crippen MR) is 59.8 cm³/mol. The molecule has 2 atom stereocenters. The molecule has 1 N–H and O–H groups in total. The van der Waals surface area contributed by atoms with Crippen LogP contribution in [0, 0.1) is 0 Å². The summed E-state index contributed by atoms with van der Waals surface area (Å²) in [6.07, 6.45) is -6.17. The highest BCUT2D eigenvalue weighted by molar-refractivity contribution is 6.34. The molecule has 98 valence electrons. The minimum Gasteiger partial charge on any atom is -0.382 e. The Morgan fingerprint density at radius 3 is 2.17 bits per heavy atom. The fourth-order valence-electron chi connectivity index (χ4n) is 1.71. The van der Waals surface area contributed by atoms with Crippen LogP contribution in [0.4, 0.5) is 13.2 Å². The third-order valence-corrected chi connectivity index (χ3v) is 2.96. The van der Waals surface area contributed by atoms with Gasteiger partial charge in [-0.15, -0.1) is 0 Å². The van der Waals surface area contributed by atoms with Gasteiger partial charge in [-0.3, -0.25) is 0 Å². The number of aliphatic hydroxyl groups excluding tert-OH is 1. The molecule has 2 unspecified atom stereocenters. The number of hydrogen-bond donors (Lipinski definition) is 1. The molecule has 3 nitrogen and oxygen atoms in total. The standard InChI is InChI=1S/C10H6Cl2F3NO2/c11-6-1-5(2-7(12)3-6)9(10(13,14)15)8(17)4-16-18-9/h1-4,8,17H. The van der Waals surface area contributed by atoms with Crippen molar-refractivity contribution in [1.29, 1.82) is 0 Å². The van der Waals surface area contributed by atoms with E-state index in [-0.39, 0.29) is 10.0 Å². The Bertz CT molecular complexity index is 486.